The molecule has 0 aliphatic carbocycles. The fraction of sp³-hybridized carbons (Fsp3) is 0.500. The second-order valence-corrected chi connectivity index (χ2v) is 0.319. The molecule has 1 atom stereocenters. The zero-order chi connectivity index (χ0) is 5.15. The summed E-state index contributed by atoms with van der Waals surface area (Å²) in [6, 6.07) is 0. The summed E-state index contributed by atoms with van der Waals surface area (Å²) in [6.07, 6.45) is 0. The molecule has 0 aromatic rings. The van der Waals surface area contributed by atoms with E-state index >= 15 is 0 Å². The van der Waals surface area contributed by atoms with Gasteiger partial charge in [0.15, 0.2) is 0 Å². The Balaban J connectivity index is 0. The van der Waals surface area contributed by atoms with Gasteiger partial charge < -0.3 is 9.90 Å². The van der Waals surface area contributed by atoms with Gasteiger partial charge in [0.1, 0.15) is 0 Å². The van der Waals surface area contributed by atoms with Crippen molar-refractivity contribution >= 4 is 5.97 Å². The van der Waals surface area contributed by atoms with Crippen LogP contribution >= 0.6 is 0 Å². The molecule has 0 amide bonds. The standard InChI is InChI=1S/C2H4O2.K/c1-2(3)4;/h1H3,(H,3,4);/q;+1/p-1/i1TD;/t1-;/m0./s1. The fourth-order valence-electron chi connectivity index (χ4n) is 0. The van der Waals surface area contributed by atoms with Crippen LogP contribution in [-0.2, 0) is 4.79 Å². The van der Waals surface area contributed by atoms with Gasteiger partial charge in [-0.2, -0.15) is 0 Å². The van der Waals surface area contributed by atoms with Gasteiger partial charge in [0.25, 0.3) is 0 Å². The second-order valence-electron chi connectivity index (χ2n) is 0.319. The molecule has 0 aliphatic rings. The van der Waals surface area contributed by atoms with Crippen LogP contribution < -0.4 is 56.5 Å². The minimum absolute atomic E-state index is 0. The summed E-state index contributed by atoms with van der Waals surface area (Å²) in [5.41, 5.74) is 0. The molecule has 0 saturated carbocycles. The molecule has 0 aliphatic heterocycles. The summed E-state index contributed by atoms with van der Waals surface area (Å²) in [6.45, 7) is -1.84. The molecule has 0 spiro atoms. The number of hydrogen-bond donors (Lipinski definition) is 0. The van der Waals surface area contributed by atoms with Crippen molar-refractivity contribution in [1.82, 2.24) is 0 Å². The Bertz CT molecular complexity index is 64.7. The largest absolute Gasteiger partial charge is 1.00 e. The molecule has 0 aromatic carbocycles. The van der Waals surface area contributed by atoms with Gasteiger partial charge in [-0.1, -0.05) is 0 Å². The van der Waals surface area contributed by atoms with E-state index in [0.29, 0.717) is 0 Å². The van der Waals surface area contributed by atoms with Crippen LogP contribution in [0.5, 0.6) is 0 Å². The fourth-order valence-corrected chi connectivity index (χ4v) is 0. The van der Waals surface area contributed by atoms with Gasteiger partial charge in [-0.25, -0.2) is 0 Å². The Hall–Kier alpha value is 1.11. The van der Waals surface area contributed by atoms with Gasteiger partial charge in [0.2, 0.25) is 0 Å². The maximum absolute atomic E-state index is 9.21. The summed E-state index contributed by atoms with van der Waals surface area (Å²) < 4.78 is 12.1. The SMILES string of the molecule is [2H][C@@H]([3H])C(=O)[O-].[K+]. The first-order valence-corrected chi connectivity index (χ1v) is 0.697. The van der Waals surface area contributed by atoms with E-state index in [1.807, 2.05) is 0 Å². The Morgan fingerprint density at radius 3 is 2.80 bits per heavy atom. The molecule has 3 heteroatoms. The molecule has 0 bridgehead atoms. The van der Waals surface area contributed by atoms with E-state index in [9.17, 15) is 9.90 Å². The zero-order valence-corrected chi connectivity index (χ0v) is 6.02. The van der Waals surface area contributed by atoms with E-state index in [1.54, 1.807) is 0 Å². The van der Waals surface area contributed by atoms with Crippen LogP contribution in [0.1, 0.15) is 9.62 Å². The quantitative estimate of drug-likeness (QED) is 0.290. The molecule has 0 radical (unpaired) electrons. The summed E-state index contributed by atoms with van der Waals surface area (Å²) in [5, 5.41) is 9.21. The molecule has 0 unspecified atom stereocenters. The van der Waals surface area contributed by atoms with Crippen molar-refractivity contribution in [2.75, 3.05) is 0 Å². The topological polar surface area (TPSA) is 40.1 Å². The van der Waals surface area contributed by atoms with Crippen LogP contribution in [-0.4, -0.2) is 5.97 Å². The normalized spacial score (nSPS) is 16.8. The van der Waals surface area contributed by atoms with E-state index in [0.717, 1.165) is 0 Å². The smallest absolute Gasteiger partial charge is 0.550 e. The molecule has 24 valence electrons. The summed E-state index contributed by atoms with van der Waals surface area (Å²) in [4.78, 5) is 9.21. The van der Waals surface area contributed by atoms with E-state index in [2.05, 4.69) is 0 Å². The van der Waals surface area contributed by atoms with Gasteiger partial charge in [-0.3, -0.25) is 0 Å². The van der Waals surface area contributed by atoms with Crippen LogP contribution in [0.15, 0.2) is 0 Å². The molecule has 0 heterocycles. The molecule has 0 fully saturated rings. The Morgan fingerprint density at radius 1 is 2.60 bits per heavy atom. The molecule has 0 aromatic heterocycles. The molecular formula is C2H3KO2. The minimum atomic E-state index is -1.84. The number of aliphatic carboxylic acids is 1. The number of carboxylic acid groups (broad SMARTS) is 1. The monoisotopic (exact) mass is 101 g/mol. The molecule has 0 saturated heterocycles. The molecule has 0 rings (SSSR count). The summed E-state index contributed by atoms with van der Waals surface area (Å²) >= 11 is 0. The average molecular weight is 101 g/mol. The van der Waals surface area contributed by atoms with Gasteiger partial charge >= 0.3 is 51.4 Å². The average Bonchev–Trinajstić information content (AvgIpc) is 1.36. The van der Waals surface area contributed by atoms with E-state index in [-0.39, 0.29) is 51.4 Å². The number of hydrogen-bond acceptors (Lipinski definition) is 2. The maximum atomic E-state index is 9.21. The van der Waals surface area contributed by atoms with Crippen molar-refractivity contribution in [3.05, 3.63) is 0 Å². The third-order valence-electron chi connectivity index (χ3n) is 0. The number of carbonyl (C=O) groups excluding carboxylic acids is 1. The van der Waals surface area contributed by atoms with Crippen LogP contribution in [0.4, 0.5) is 0 Å². The molecule has 0 N–H and O–H groups in total. The molecule has 2 nitrogen and oxygen atoms in total. The van der Waals surface area contributed by atoms with Crippen molar-refractivity contribution in [2.24, 2.45) is 0 Å². The first-order valence-electron chi connectivity index (χ1n) is 1.85. The summed E-state index contributed by atoms with van der Waals surface area (Å²) in [7, 11) is 0. The third-order valence-corrected chi connectivity index (χ3v) is 0. The van der Waals surface area contributed by atoms with Crippen LogP contribution in [0.2, 0.25) is 0 Å². The predicted octanol–water partition coefficient (Wildman–Crippen LogP) is -4.24. The van der Waals surface area contributed by atoms with Gasteiger partial charge in [0.05, 0.1) is 0 Å². The Morgan fingerprint density at radius 2 is 2.80 bits per heavy atom. The first-order chi connectivity index (χ1) is 2.64. The van der Waals surface area contributed by atoms with E-state index < -0.39 is 12.8 Å². The van der Waals surface area contributed by atoms with Crippen LogP contribution in [0.25, 0.3) is 0 Å². The van der Waals surface area contributed by atoms with Gasteiger partial charge in [-0.05, 0) is 6.88 Å². The van der Waals surface area contributed by atoms with E-state index in [4.69, 9.17) is 2.74 Å². The Labute approximate surface area is 75.8 Å². The Kier molecular flexibility index (Phi) is 4.36. The number of carbonyl (C=O) groups is 1. The van der Waals surface area contributed by atoms with Crippen molar-refractivity contribution < 1.29 is 64.0 Å². The van der Waals surface area contributed by atoms with Crippen molar-refractivity contribution in [1.29, 1.82) is 0 Å². The van der Waals surface area contributed by atoms with Gasteiger partial charge in [-0.15, -0.1) is 0 Å². The third kappa shape index (κ3) is 40.3. The van der Waals surface area contributed by atoms with Crippen molar-refractivity contribution in [3.63, 3.8) is 0 Å². The first kappa shape index (κ1) is 4.27. The number of carboxylic acids is 1. The van der Waals surface area contributed by atoms with Crippen LogP contribution in [0.3, 0.4) is 0 Å². The van der Waals surface area contributed by atoms with Crippen molar-refractivity contribution in [2.45, 2.75) is 6.88 Å². The maximum Gasteiger partial charge on any atom is 1.00 e. The predicted molar refractivity (Wildman–Crippen MR) is 10.7 cm³/mol. The minimum Gasteiger partial charge on any atom is -0.550 e. The number of rotatable bonds is 0. The molecular weight excluding hydrogens is 95.1 g/mol. The second kappa shape index (κ2) is 5.11. The van der Waals surface area contributed by atoms with Crippen molar-refractivity contribution in [3.8, 4) is 0 Å². The van der Waals surface area contributed by atoms with Gasteiger partial charge in [0, 0.05) is 8.71 Å². The van der Waals surface area contributed by atoms with E-state index in [1.165, 1.54) is 0 Å². The molecule has 5 heavy (non-hydrogen) atoms. The zero-order valence-electron chi connectivity index (χ0n) is 4.89. The van der Waals surface area contributed by atoms with Crippen LogP contribution in [0, 0.1) is 0 Å². The summed E-state index contributed by atoms with van der Waals surface area (Å²) in [5.74, 6) is -1.66.